The fourth-order valence-electron chi connectivity index (χ4n) is 2.89. The van der Waals surface area contributed by atoms with Crippen LogP contribution in [0.2, 0.25) is 0 Å². The van der Waals surface area contributed by atoms with Crippen molar-refractivity contribution in [1.29, 1.82) is 5.26 Å². The van der Waals surface area contributed by atoms with Crippen molar-refractivity contribution in [2.24, 2.45) is 0 Å². The second kappa shape index (κ2) is 9.15. The average molecular weight is 483 g/mol. The molecule has 148 valence electrons. The standard InChI is InChI=1S/C18H19BrN4O3S2/c19-15-1-3-16(4-2-15)28(25,26)23-10-8-22(9-11-23)7-5-17(24)21-18-14(13-20)6-12-27-18/h1-4,6,12H,5,7-11H2,(H,21,24). The number of thiophene rings is 1. The highest BCUT2D eigenvalue weighted by molar-refractivity contribution is 9.10. The minimum atomic E-state index is -3.50. The van der Waals surface area contributed by atoms with Crippen LogP contribution in [-0.2, 0) is 14.8 Å². The molecule has 1 N–H and O–H groups in total. The van der Waals surface area contributed by atoms with Crippen molar-refractivity contribution in [2.75, 3.05) is 38.0 Å². The van der Waals surface area contributed by atoms with Gasteiger partial charge in [-0.2, -0.15) is 9.57 Å². The zero-order valence-electron chi connectivity index (χ0n) is 15.0. The van der Waals surface area contributed by atoms with Gasteiger partial charge in [0.15, 0.2) is 0 Å². The SMILES string of the molecule is N#Cc1ccsc1NC(=O)CCN1CCN(S(=O)(=O)c2ccc(Br)cc2)CC1. The van der Waals surface area contributed by atoms with Gasteiger partial charge in [-0.15, -0.1) is 11.3 Å². The highest BCUT2D eigenvalue weighted by Gasteiger charge is 2.28. The third-order valence-electron chi connectivity index (χ3n) is 4.48. The van der Waals surface area contributed by atoms with Gasteiger partial charge in [0.2, 0.25) is 15.9 Å². The number of amides is 1. The second-order valence-electron chi connectivity index (χ2n) is 6.27. The molecule has 1 fully saturated rings. The van der Waals surface area contributed by atoms with Gasteiger partial charge in [0.05, 0.1) is 10.5 Å². The number of nitrogens with zero attached hydrogens (tertiary/aromatic N) is 3. The van der Waals surface area contributed by atoms with Gasteiger partial charge in [0, 0.05) is 43.6 Å². The number of halogens is 1. The van der Waals surface area contributed by atoms with Gasteiger partial charge in [0.25, 0.3) is 0 Å². The molecule has 28 heavy (non-hydrogen) atoms. The lowest BCUT2D eigenvalue weighted by Gasteiger charge is -2.33. The Hall–Kier alpha value is -1.77. The van der Waals surface area contributed by atoms with Crippen molar-refractivity contribution in [3.8, 4) is 6.07 Å². The minimum absolute atomic E-state index is 0.149. The average Bonchev–Trinajstić information content (AvgIpc) is 3.14. The van der Waals surface area contributed by atoms with Crippen LogP contribution in [0.3, 0.4) is 0 Å². The van der Waals surface area contributed by atoms with Crippen molar-refractivity contribution in [3.63, 3.8) is 0 Å². The summed E-state index contributed by atoms with van der Waals surface area (Å²) in [5.74, 6) is -0.149. The topological polar surface area (TPSA) is 93.5 Å². The number of nitriles is 1. The number of piperazine rings is 1. The summed E-state index contributed by atoms with van der Waals surface area (Å²) in [5.41, 5.74) is 0.463. The summed E-state index contributed by atoms with van der Waals surface area (Å²) in [6.07, 6.45) is 0.294. The largest absolute Gasteiger partial charge is 0.317 e. The van der Waals surface area contributed by atoms with E-state index in [0.717, 1.165) is 4.47 Å². The van der Waals surface area contributed by atoms with Crippen LogP contribution in [0.25, 0.3) is 0 Å². The zero-order valence-corrected chi connectivity index (χ0v) is 18.2. The molecular weight excluding hydrogens is 464 g/mol. The Balaban J connectivity index is 1.48. The monoisotopic (exact) mass is 482 g/mol. The van der Waals surface area contributed by atoms with E-state index in [-0.39, 0.29) is 10.8 Å². The van der Waals surface area contributed by atoms with E-state index in [4.69, 9.17) is 5.26 Å². The van der Waals surface area contributed by atoms with E-state index in [9.17, 15) is 13.2 Å². The Bertz CT molecular complexity index is 975. The molecule has 1 aromatic carbocycles. The van der Waals surface area contributed by atoms with Crippen LogP contribution in [-0.4, -0.2) is 56.3 Å². The molecule has 2 aromatic rings. The molecule has 0 aliphatic carbocycles. The molecule has 2 heterocycles. The van der Waals surface area contributed by atoms with Crippen molar-refractivity contribution < 1.29 is 13.2 Å². The van der Waals surface area contributed by atoms with E-state index < -0.39 is 10.0 Å². The van der Waals surface area contributed by atoms with E-state index in [1.165, 1.54) is 15.6 Å². The molecule has 1 aliphatic rings. The first-order valence-corrected chi connectivity index (χ1v) is 11.8. The van der Waals surface area contributed by atoms with Crippen molar-refractivity contribution in [1.82, 2.24) is 9.21 Å². The second-order valence-corrected chi connectivity index (χ2v) is 10.0. The molecule has 0 radical (unpaired) electrons. The predicted octanol–water partition coefficient (Wildman–Crippen LogP) is 2.72. The third kappa shape index (κ3) is 4.98. The summed E-state index contributed by atoms with van der Waals surface area (Å²) in [6.45, 7) is 2.48. The molecule has 0 spiro atoms. The highest BCUT2D eigenvalue weighted by Crippen LogP contribution is 2.23. The van der Waals surface area contributed by atoms with E-state index in [0.29, 0.717) is 49.7 Å². The number of rotatable bonds is 6. The maximum absolute atomic E-state index is 12.7. The fourth-order valence-corrected chi connectivity index (χ4v) is 5.33. The summed E-state index contributed by atoms with van der Waals surface area (Å²) < 4.78 is 27.7. The Morgan fingerprint density at radius 2 is 1.86 bits per heavy atom. The number of carbonyl (C=O) groups excluding carboxylic acids is 1. The number of hydrogen-bond donors (Lipinski definition) is 1. The first kappa shape index (κ1) is 21.0. The van der Waals surface area contributed by atoms with Gasteiger partial charge < -0.3 is 10.2 Å². The Kier molecular flexibility index (Phi) is 6.85. The summed E-state index contributed by atoms with van der Waals surface area (Å²) >= 11 is 4.63. The van der Waals surface area contributed by atoms with Crippen LogP contribution < -0.4 is 5.32 Å². The van der Waals surface area contributed by atoms with Crippen molar-refractivity contribution >= 4 is 48.2 Å². The maximum atomic E-state index is 12.7. The third-order valence-corrected chi connectivity index (χ3v) is 7.75. The molecule has 0 bridgehead atoms. The first-order chi connectivity index (χ1) is 13.4. The van der Waals surface area contributed by atoms with Crippen LogP contribution in [0.5, 0.6) is 0 Å². The molecule has 1 aliphatic heterocycles. The smallest absolute Gasteiger partial charge is 0.243 e. The van der Waals surface area contributed by atoms with E-state index in [1.54, 1.807) is 35.7 Å². The summed E-state index contributed by atoms with van der Waals surface area (Å²) in [7, 11) is -3.50. The molecule has 0 saturated carbocycles. The molecule has 10 heteroatoms. The van der Waals surface area contributed by atoms with E-state index >= 15 is 0 Å². The van der Waals surface area contributed by atoms with Crippen molar-refractivity contribution in [2.45, 2.75) is 11.3 Å². The van der Waals surface area contributed by atoms with Crippen LogP contribution in [0, 0.1) is 11.3 Å². The van der Waals surface area contributed by atoms with Crippen LogP contribution >= 0.6 is 27.3 Å². The normalized spacial score (nSPS) is 15.9. The molecule has 1 amide bonds. The van der Waals surface area contributed by atoms with Crippen LogP contribution in [0.15, 0.2) is 45.1 Å². The summed E-state index contributed by atoms with van der Waals surface area (Å²) in [4.78, 5) is 14.5. The van der Waals surface area contributed by atoms with Crippen LogP contribution in [0.4, 0.5) is 5.00 Å². The lowest BCUT2D eigenvalue weighted by atomic mass is 10.3. The Labute approximate surface area is 176 Å². The number of nitrogens with one attached hydrogen (secondary N) is 1. The lowest BCUT2D eigenvalue weighted by Crippen LogP contribution is -2.49. The van der Waals surface area contributed by atoms with Crippen molar-refractivity contribution in [3.05, 3.63) is 45.7 Å². The molecule has 1 aromatic heterocycles. The quantitative estimate of drug-likeness (QED) is 0.682. The van der Waals surface area contributed by atoms with Gasteiger partial charge in [0.1, 0.15) is 11.1 Å². The fraction of sp³-hybridized carbons (Fsp3) is 0.333. The Morgan fingerprint density at radius 3 is 2.50 bits per heavy atom. The van der Waals surface area contributed by atoms with Gasteiger partial charge in [-0.25, -0.2) is 8.42 Å². The lowest BCUT2D eigenvalue weighted by molar-refractivity contribution is -0.116. The molecule has 0 unspecified atom stereocenters. The van der Waals surface area contributed by atoms with Gasteiger partial charge >= 0.3 is 0 Å². The molecule has 7 nitrogen and oxygen atoms in total. The van der Waals surface area contributed by atoms with Crippen LogP contribution in [0.1, 0.15) is 12.0 Å². The number of hydrogen-bond acceptors (Lipinski definition) is 6. The van der Waals surface area contributed by atoms with E-state index in [2.05, 4.69) is 26.1 Å². The summed E-state index contributed by atoms with van der Waals surface area (Å²) in [5, 5.41) is 14.1. The molecule has 0 atom stereocenters. The predicted molar refractivity (Wildman–Crippen MR) is 112 cm³/mol. The highest BCUT2D eigenvalue weighted by atomic mass is 79.9. The number of carbonyl (C=O) groups is 1. The molecule has 1 saturated heterocycles. The maximum Gasteiger partial charge on any atom is 0.243 e. The zero-order chi connectivity index (χ0) is 20.1. The summed E-state index contributed by atoms with van der Waals surface area (Å²) in [6, 6.07) is 10.3. The molecule has 3 rings (SSSR count). The number of benzene rings is 1. The number of anilines is 1. The number of sulfonamides is 1. The molecular formula is C18H19BrN4O3S2. The van der Waals surface area contributed by atoms with E-state index in [1.807, 2.05) is 6.07 Å². The van der Waals surface area contributed by atoms with Gasteiger partial charge in [-0.05, 0) is 35.7 Å². The van der Waals surface area contributed by atoms with Gasteiger partial charge in [-0.3, -0.25) is 4.79 Å². The minimum Gasteiger partial charge on any atom is -0.317 e. The Morgan fingerprint density at radius 1 is 1.18 bits per heavy atom. The first-order valence-electron chi connectivity index (χ1n) is 8.65. The van der Waals surface area contributed by atoms with Gasteiger partial charge in [-0.1, -0.05) is 15.9 Å².